The zero-order chi connectivity index (χ0) is 15.4. The van der Waals surface area contributed by atoms with Crippen molar-refractivity contribution >= 4 is 40.3 Å². The molecule has 1 heterocycles. The molecule has 0 N–H and O–H groups in total. The fraction of sp³-hybridized carbons (Fsp3) is 0. The van der Waals surface area contributed by atoms with Crippen LogP contribution in [0, 0.1) is 3.57 Å². The standard InChI is InChI=1S/C18H12INO2/c19-15-10-5-9-14(12-15)17-16(18(21)22-20-17)11-4-8-13-6-2-1-3-7-13/h1-12H. The summed E-state index contributed by atoms with van der Waals surface area (Å²) in [4.78, 5) is 16.7. The van der Waals surface area contributed by atoms with Gasteiger partial charge in [-0.3, -0.25) is 0 Å². The van der Waals surface area contributed by atoms with Crippen LogP contribution in [0.25, 0.3) is 6.08 Å². The van der Waals surface area contributed by atoms with Gasteiger partial charge in [-0.1, -0.05) is 59.8 Å². The molecule has 3 nitrogen and oxygen atoms in total. The highest BCUT2D eigenvalue weighted by Gasteiger charge is 2.26. The fourth-order valence-electron chi connectivity index (χ4n) is 2.09. The van der Waals surface area contributed by atoms with Gasteiger partial charge in [0.25, 0.3) is 0 Å². The monoisotopic (exact) mass is 401 g/mol. The molecule has 4 heteroatoms. The van der Waals surface area contributed by atoms with Crippen LogP contribution in [-0.2, 0) is 9.63 Å². The largest absolute Gasteiger partial charge is 0.368 e. The first kappa shape index (κ1) is 14.7. The van der Waals surface area contributed by atoms with Crippen molar-refractivity contribution in [3.8, 4) is 0 Å². The lowest BCUT2D eigenvalue weighted by atomic mass is 10.0. The van der Waals surface area contributed by atoms with Crippen molar-refractivity contribution in [1.29, 1.82) is 0 Å². The first-order valence-corrected chi connectivity index (χ1v) is 7.81. The first-order chi connectivity index (χ1) is 10.7. The summed E-state index contributed by atoms with van der Waals surface area (Å²) in [5.41, 5.74) is 2.98. The van der Waals surface area contributed by atoms with Crippen molar-refractivity contribution in [3.63, 3.8) is 0 Å². The van der Waals surface area contributed by atoms with E-state index in [1.165, 1.54) is 0 Å². The Kier molecular flexibility index (Phi) is 4.48. The van der Waals surface area contributed by atoms with Gasteiger partial charge < -0.3 is 4.84 Å². The molecular formula is C18H12INO2. The number of oxime groups is 1. The lowest BCUT2D eigenvalue weighted by Crippen LogP contribution is -2.06. The minimum atomic E-state index is -0.424. The summed E-state index contributed by atoms with van der Waals surface area (Å²) >= 11 is 2.23. The predicted molar refractivity (Wildman–Crippen MR) is 95.3 cm³/mol. The van der Waals surface area contributed by atoms with Crippen molar-refractivity contribution in [2.45, 2.75) is 0 Å². The van der Waals surface area contributed by atoms with Crippen LogP contribution in [0.2, 0.25) is 0 Å². The number of hydrogen-bond acceptors (Lipinski definition) is 3. The van der Waals surface area contributed by atoms with Crippen LogP contribution in [0.15, 0.2) is 77.5 Å². The minimum absolute atomic E-state index is 0.424. The molecule has 0 amide bonds. The van der Waals surface area contributed by atoms with Crippen molar-refractivity contribution < 1.29 is 9.63 Å². The highest BCUT2D eigenvalue weighted by molar-refractivity contribution is 14.1. The van der Waals surface area contributed by atoms with Gasteiger partial charge in [-0.25, -0.2) is 4.79 Å². The molecule has 0 unspecified atom stereocenters. The summed E-state index contributed by atoms with van der Waals surface area (Å²) in [7, 11) is 0. The Morgan fingerprint density at radius 1 is 1.05 bits per heavy atom. The SMILES string of the molecule is O=C1ON=C(c2cccc(I)c2)C1=CC=Cc1ccccc1. The molecule has 0 aliphatic carbocycles. The molecule has 2 aromatic carbocycles. The van der Waals surface area contributed by atoms with Crippen LogP contribution < -0.4 is 0 Å². The summed E-state index contributed by atoms with van der Waals surface area (Å²) in [5, 5.41) is 3.90. The van der Waals surface area contributed by atoms with E-state index in [-0.39, 0.29) is 0 Å². The van der Waals surface area contributed by atoms with Gasteiger partial charge in [0, 0.05) is 9.13 Å². The molecular weight excluding hydrogens is 389 g/mol. The third-order valence-electron chi connectivity index (χ3n) is 3.14. The quantitative estimate of drug-likeness (QED) is 0.440. The maximum Gasteiger partial charge on any atom is 0.368 e. The fourth-order valence-corrected chi connectivity index (χ4v) is 2.64. The number of carbonyl (C=O) groups is 1. The lowest BCUT2D eigenvalue weighted by molar-refractivity contribution is -0.136. The van der Waals surface area contributed by atoms with Gasteiger partial charge >= 0.3 is 5.97 Å². The zero-order valence-electron chi connectivity index (χ0n) is 11.6. The highest BCUT2D eigenvalue weighted by Crippen LogP contribution is 2.19. The number of benzene rings is 2. The number of hydrogen-bond donors (Lipinski definition) is 0. The molecule has 2 aromatic rings. The molecule has 1 aliphatic heterocycles. The Morgan fingerprint density at radius 3 is 2.64 bits per heavy atom. The van der Waals surface area contributed by atoms with Crippen LogP contribution in [0.5, 0.6) is 0 Å². The highest BCUT2D eigenvalue weighted by atomic mass is 127. The zero-order valence-corrected chi connectivity index (χ0v) is 13.7. The van der Waals surface area contributed by atoms with Crippen LogP contribution in [0.1, 0.15) is 11.1 Å². The Labute approximate surface area is 142 Å². The lowest BCUT2D eigenvalue weighted by Gasteiger charge is -2.00. The maximum absolute atomic E-state index is 11.8. The van der Waals surface area contributed by atoms with E-state index in [4.69, 9.17) is 4.84 Å². The maximum atomic E-state index is 11.8. The number of nitrogens with zero attached hydrogens (tertiary/aromatic N) is 1. The molecule has 1 aliphatic rings. The molecule has 0 saturated heterocycles. The van der Waals surface area contributed by atoms with Gasteiger partial charge in [0.1, 0.15) is 5.71 Å². The van der Waals surface area contributed by atoms with Crippen LogP contribution >= 0.6 is 22.6 Å². The van der Waals surface area contributed by atoms with Gasteiger partial charge in [0.15, 0.2) is 0 Å². The van der Waals surface area contributed by atoms with E-state index in [0.717, 1.165) is 14.7 Å². The minimum Gasteiger partial charge on any atom is -0.312 e. The van der Waals surface area contributed by atoms with E-state index >= 15 is 0 Å². The molecule has 0 fully saturated rings. The van der Waals surface area contributed by atoms with E-state index in [1.54, 1.807) is 6.08 Å². The molecule has 3 rings (SSSR count). The molecule has 108 valence electrons. The molecule has 0 saturated carbocycles. The molecule has 0 aromatic heterocycles. The topological polar surface area (TPSA) is 38.7 Å². The van der Waals surface area contributed by atoms with Gasteiger partial charge in [0.05, 0.1) is 5.57 Å². The second-order valence-corrected chi connectivity index (χ2v) is 5.92. The molecule has 0 atom stereocenters. The second-order valence-electron chi connectivity index (χ2n) is 4.68. The molecule has 0 bridgehead atoms. The number of rotatable bonds is 3. The van der Waals surface area contributed by atoms with Crippen LogP contribution in [-0.4, -0.2) is 11.7 Å². The van der Waals surface area contributed by atoms with Crippen molar-refractivity contribution in [3.05, 3.63) is 87.0 Å². The van der Waals surface area contributed by atoms with E-state index < -0.39 is 5.97 Å². The van der Waals surface area contributed by atoms with E-state index in [1.807, 2.05) is 66.7 Å². The summed E-state index contributed by atoms with van der Waals surface area (Å²) in [6, 6.07) is 17.7. The van der Waals surface area contributed by atoms with Crippen LogP contribution in [0.3, 0.4) is 0 Å². The Morgan fingerprint density at radius 2 is 1.86 bits per heavy atom. The van der Waals surface area contributed by atoms with Crippen molar-refractivity contribution in [2.24, 2.45) is 5.16 Å². The summed E-state index contributed by atoms with van der Waals surface area (Å²) in [5.74, 6) is -0.424. The smallest absolute Gasteiger partial charge is 0.312 e. The normalized spacial score (nSPS) is 16.1. The summed E-state index contributed by atoms with van der Waals surface area (Å²) in [6.45, 7) is 0. The van der Waals surface area contributed by atoms with E-state index in [2.05, 4.69) is 27.7 Å². The Balaban J connectivity index is 1.88. The van der Waals surface area contributed by atoms with Crippen LogP contribution in [0.4, 0.5) is 0 Å². The van der Waals surface area contributed by atoms with E-state index in [9.17, 15) is 4.79 Å². The Bertz CT molecular complexity index is 792. The van der Waals surface area contributed by atoms with E-state index in [0.29, 0.717) is 11.3 Å². The number of carbonyl (C=O) groups excluding carboxylic acids is 1. The number of halogens is 1. The van der Waals surface area contributed by atoms with Gasteiger partial charge in [-0.05, 0) is 46.4 Å². The molecule has 0 radical (unpaired) electrons. The summed E-state index contributed by atoms with van der Waals surface area (Å²) < 4.78 is 1.08. The van der Waals surface area contributed by atoms with Gasteiger partial charge in [-0.2, -0.15) is 0 Å². The third-order valence-corrected chi connectivity index (χ3v) is 3.82. The van der Waals surface area contributed by atoms with Crippen molar-refractivity contribution in [2.75, 3.05) is 0 Å². The molecule has 0 spiro atoms. The second kappa shape index (κ2) is 6.70. The molecule has 22 heavy (non-hydrogen) atoms. The average Bonchev–Trinajstić information content (AvgIpc) is 2.90. The summed E-state index contributed by atoms with van der Waals surface area (Å²) in [6.07, 6.45) is 5.51. The average molecular weight is 401 g/mol. The first-order valence-electron chi connectivity index (χ1n) is 6.73. The third kappa shape index (κ3) is 3.33. The van der Waals surface area contributed by atoms with Gasteiger partial charge in [0.2, 0.25) is 0 Å². The predicted octanol–water partition coefficient (Wildman–Crippen LogP) is 4.19. The van der Waals surface area contributed by atoms with Crippen molar-refractivity contribution in [1.82, 2.24) is 0 Å². The Hall–Kier alpha value is -2.21. The van der Waals surface area contributed by atoms with Gasteiger partial charge in [-0.15, -0.1) is 0 Å². The number of allylic oxidation sites excluding steroid dienone is 2.